The van der Waals surface area contributed by atoms with Crippen molar-refractivity contribution in [2.75, 3.05) is 7.11 Å². The molecule has 2 aromatic carbocycles. The van der Waals surface area contributed by atoms with E-state index in [4.69, 9.17) is 4.74 Å². The minimum atomic E-state index is -0.650. The number of benzene rings is 2. The average molecular weight is 236 g/mol. The molecule has 0 spiro atoms. The molecule has 17 heavy (non-hydrogen) atoms. The molecule has 2 aromatic rings. The molecule has 0 saturated heterocycles. The van der Waals surface area contributed by atoms with Crippen molar-refractivity contribution in [2.24, 2.45) is 0 Å². The van der Waals surface area contributed by atoms with E-state index in [1.54, 1.807) is 31.4 Å². The van der Waals surface area contributed by atoms with E-state index < -0.39 is 11.6 Å². The zero-order valence-corrected chi connectivity index (χ0v) is 9.34. The molecule has 0 bridgehead atoms. The van der Waals surface area contributed by atoms with Crippen molar-refractivity contribution in [3.63, 3.8) is 0 Å². The van der Waals surface area contributed by atoms with Gasteiger partial charge in [-0.3, -0.25) is 0 Å². The summed E-state index contributed by atoms with van der Waals surface area (Å²) in [5.74, 6) is -0.660. The largest absolute Gasteiger partial charge is 0.497 e. The smallest absolute Gasteiger partial charge is 0.200 e. The Morgan fingerprint density at radius 1 is 1.00 bits per heavy atom. The van der Waals surface area contributed by atoms with Gasteiger partial charge in [-0.1, -0.05) is 12.1 Å². The molecule has 88 valence electrons. The van der Waals surface area contributed by atoms with Gasteiger partial charge in [0.1, 0.15) is 5.75 Å². The summed E-state index contributed by atoms with van der Waals surface area (Å²) in [5, 5.41) is 0. The fourth-order valence-corrected chi connectivity index (χ4v) is 1.57. The third-order valence-corrected chi connectivity index (χ3v) is 2.54. The van der Waals surface area contributed by atoms with Crippen LogP contribution in [0.5, 0.6) is 5.75 Å². The monoisotopic (exact) mass is 236 g/mol. The van der Waals surface area contributed by atoms with Crippen LogP contribution in [0.25, 0.3) is 11.1 Å². The highest BCUT2D eigenvalue weighted by Crippen LogP contribution is 2.27. The summed E-state index contributed by atoms with van der Waals surface area (Å²) >= 11 is 0. The molecule has 0 aromatic heterocycles. The van der Waals surface area contributed by atoms with Crippen LogP contribution in [0.4, 0.5) is 14.5 Å². The van der Waals surface area contributed by atoms with Gasteiger partial charge in [-0.25, -0.2) is 8.78 Å². The number of hydrogen-bond donors (Lipinski definition) is 1. The van der Waals surface area contributed by atoms with Crippen LogP contribution in [0, 0.1) is 11.6 Å². The molecule has 0 fully saturated rings. The third kappa shape index (κ3) is 2.26. The second kappa shape index (κ2) is 4.51. The maximum atomic E-state index is 13.4. The molecule has 0 unspecified atom stereocenters. The maximum Gasteiger partial charge on any atom is 0.200 e. The van der Waals surface area contributed by atoms with Crippen LogP contribution in [-0.4, -0.2) is 7.11 Å². The topological polar surface area (TPSA) is 36.9 Å². The van der Waals surface area contributed by atoms with E-state index in [9.17, 15) is 8.78 Å². The van der Waals surface area contributed by atoms with E-state index in [2.05, 4.69) is 5.73 Å². The maximum absolute atomic E-state index is 13.4. The van der Waals surface area contributed by atoms with Gasteiger partial charge >= 0.3 is 0 Å². The van der Waals surface area contributed by atoms with Gasteiger partial charge < -0.3 is 10.5 Å². The van der Waals surface area contributed by atoms with Crippen LogP contribution < -0.4 is 10.5 Å². The molecule has 0 radical (unpaired) electrons. The van der Waals surface area contributed by atoms with E-state index in [0.717, 1.165) is 0 Å². The standard InChI is InChI=1S/C13H11F2NO/c1-17-10-4-2-3-8(5-10)9-6-11(14)13(16)12(15)7-9/h2-7H,16H2,1H3/p+1. The van der Waals surface area contributed by atoms with Crippen molar-refractivity contribution < 1.29 is 19.3 Å². The second-order valence-electron chi connectivity index (χ2n) is 3.65. The predicted octanol–water partition coefficient (Wildman–Crippen LogP) is 2.51. The molecule has 2 nitrogen and oxygen atoms in total. The molecule has 0 heterocycles. The van der Waals surface area contributed by atoms with Gasteiger partial charge in [0.25, 0.3) is 0 Å². The SMILES string of the molecule is COc1cccc(-c2cc(F)c([NH3+])c(F)c2)c1. The highest BCUT2D eigenvalue weighted by Gasteiger charge is 2.12. The average Bonchev–Trinajstić information content (AvgIpc) is 2.35. The van der Waals surface area contributed by atoms with Gasteiger partial charge in [0.05, 0.1) is 7.11 Å². The van der Waals surface area contributed by atoms with Gasteiger partial charge in [0.2, 0.25) is 0 Å². The van der Waals surface area contributed by atoms with Crippen LogP contribution in [0.2, 0.25) is 0 Å². The van der Waals surface area contributed by atoms with E-state index in [1.165, 1.54) is 12.1 Å². The lowest BCUT2D eigenvalue weighted by Gasteiger charge is -2.05. The minimum absolute atomic E-state index is 0.211. The van der Waals surface area contributed by atoms with Crippen LogP contribution in [0.15, 0.2) is 36.4 Å². The molecule has 0 aliphatic heterocycles. The van der Waals surface area contributed by atoms with Gasteiger partial charge in [-0.2, -0.15) is 0 Å². The quantitative estimate of drug-likeness (QED) is 0.854. The van der Waals surface area contributed by atoms with Crippen molar-refractivity contribution in [1.29, 1.82) is 0 Å². The first-order chi connectivity index (χ1) is 8.11. The van der Waals surface area contributed by atoms with Gasteiger partial charge in [-0.05, 0) is 35.4 Å². The fraction of sp³-hybridized carbons (Fsp3) is 0.0769. The normalized spacial score (nSPS) is 10.4. The van der Waals surface area contributed by atoms with E-state index in [1.807, 2.05) is 0 Å². The Balaban J connectivity index is 2.52. The van der Waals surface area contributed by atoms with Gasteiger partial charge in [0.15, 0.2) is 17.3 Å². The summed E-state index contributed by atoms with van der Waals surface area (Å²) < 4.78 is 31.8. The second-order valence-corrected chi connectivity index (χ2v) is 3.65. The van der Waals surface area contributed by atoms with Crippen LogP contribution >= 0.6 is 0 Å². The van der Waals surface area contributed by atoms with Crippen molar-refractivity contribution in [3.8, 4) is 16.9 Å². The summed E-state index contributed by atoms with van der Waals surface area (Å²) in [4.78, 5) is 0. The molecular weight excluding hydrogens is 224 g/mol. The lowest BCUT2D eigenvalue weighted by atomic mass is 10.0. The van der Waals surface area contributed by atoms with E-state index in [-0.39, 0.29) is 5.69 Å². The first-order valence-electron chi connectivity index (χ1n) is 5.07. The molecule has 0 aliphatic rings. The summed E-state index contributed by atoms with van der Waals surface area (Å²) in [7, 11) is 1.54. The molecule has 3 N–H and O–H groups in total. The van der Waals surface area contributed by atoms with Crippen molar-refractivity contribution >= 4 is 5.69 Å². The molecule has 0 atom stereocenters. The van der Waals surface area contributed by atoms with Crippen LogP contribution in [-0.2, 0) is 0 Å². The number of rotatable bonds is 2. The predicted molar refractivity (Wildman–Crippen MR) is 60.9 cm³/mol. The highest BCUT2D eigenvalue weighted by molar-refractivity contribution is 5.66. The van der Waals surface area contributed by atoms with Crippen LogP contribution in [0.1, 0.15) is 0 Å². The number of quaternary nitrogens is 1. The van der Waals surface area contributed by atoms with Crippen molar-refractivity contribution in [2.45, 2.75) is 0 Å². The molecule has 0 saturated carbocycles. The molecule has 2 rings (SSSR count). The van der Waals surface area contributed by atoms with Gasteiger partial charge in [-0.15, -0.1) is 0 Å². The summed E-state index contributed by atoms with van der Waals surface area (Å²) in [6.07, 6.45) is 0. The third-order valence-electron chi connectivity index (χ3n) is 2.54. The molecular formula is C13H12F2NO+. The Bertz CT molecular complexity index is 532. The highest BCUT2D eigenvalue weighted by atomic mass is 19.1. The Morgan fingerprint density at radius 2 is 1.65 bits per heavy atom. The Kier molecular flexibility index (Phi) is 3.06. The number of methoxy groups -OCH3 is 1. The first-order valence-corrected chi connectivity index (χ1v) is 5.07. The number of hydrogen-bond acceptors (Lipinski definition) is 1. The van der Waals surface area contributed by atoms with Crippen LogP contribution in [0.3, 0.4) is 0 Å². The minimum Gasteiger partial charge on any atom is -0.497 e. The lowest BCUT2D eigenvalue weighted by Crippen LogP contribution is -2.42. The summed E-state index contributed by atoms with van der Waals surface area (Å²) in [5.41, 5.74) is 4.26. The Labute approximate surface area is 97.6 Å². The lowest BCUT2D eigenvalue weighted by molar-refractivity contribution is -0.262. The van der Waals surface area contributed by atoms with Crippen molar-refractivity contribution in [3.05, 3.63) is 48.0 Å². The van der Waals surface area contributed by atoms with E-state index in [0.29, 0.717) is 16.9 Å². The summed E-state index contributed by atoms with van der Waals surface area (Å²) in [6.45, 7) is 0. The first kappa shape index (κ1) is 11.5. The molecule has 4 heteroatoms. The van der Waals surface area contributed by atoms with Gasteiger partial charge in [0, 0.05) is 0 Å². The zero-order chi connectivity index (χ0) is 12.4. The van der Waals surface area contributed by atoms with E-state index >= 15 is 0 Å². The zero-order valence-electron chi connectivity index (χ0n) is 9.34. The fourth-order valence-electron chi connectivity index (χ4n) is 1.57. The molecule has 0 amide bonds. The Hall–Kier alpha value is -1.94. The molecule has 0 aliphatic carbocycles. The number of halogens is 2. The number of ether oxygens (including phenoxy) is 1. The Morgan fingerprint density at radius 3 is 2.24 bits per heavy atom. The van der Waals surface area contributed by atoms with Crippen molar-refractivity contribution in [1.82, 2.24) is 0 Å². The summed E-state index contributed by atoms with van der Waals surface area (Å²) in [6, 6.07) is 9.55.